The van der Waals surface area contributed by atoms with E-state index in [9.17, 15) is 120 Å². The Morgan fingerprint density at radius 2 is 0.981 bits per heavy atom. The van der Waals surface area contributed by atoms with Crippen molar-refractivity contribution in [3.63, 3.8) is 0 Å². The van der Waals surface area contributed by atoms with Crippen molar-refractivity contribution in [2.45, 2.75) is 101 Å². The number of pyridine rings is 3. The van der Waals surface area contributed by atoms with Gasteiger partial charge in [-0.1, -0.05) is 109 Å². The van der Waals surface area contributed by atoms with Crippen molar-refractivity contribution < 1.29 is 123 Å². The van der Waals surface area contributed by atoms with Crippen LogP contribution in [0.4, 0.5) is 69.7 Å². The van der Waals surface area contributed by atoms with Gasteiger partial charge >= 0.3 is 51.5 Å². The van der Waals surface area contributed by atoms with Crippen LogP contribution in [-0.2, 0) is 59.3 Å². The lowest BCUT2D eigenvalue weighted by molar-refractivity contribution is -0.385. The summed E-state index contributed by atoms with van der Waals surface area (Å²) in [5.41, 5.74) is -16.8. The summed E-state index contributed by atoms with van der Waals surface area (Å²) in [6, 6.07) is 26.0. The fourth-order valence-corrected chi connectivity index (χ4v) is 8.89. The summed E-state index contributed by atoms with van der Waals surface area (Å²) in [4.78, 5) is 107. The number of nitrogens with zero attached hydrogens (tertiary/aromatic N) is 6. The second kappa shape index (κ2) is 37.2. The number of nitrogens with two attached hydrogens (primary N) is 1. The number of hydrogen-bond donors (Lipinski definition) is 7. The largest absolute Gasteiger partial charge is 0.534 e. The first-order valence-electron chi connectivity index (χ1n) is 28.9. The van der Waals surface area contributed by atoms with Crippen LogP contribution in [0.25, 0.3) is 11.6 Å². The van der Waals surface area contributed by atoms with Gasteiger partial charge in [-0.05, 0) is 37.5 Å². The molecule has 0 saturated heterocycles. The number of carbonyl (C=O) groups is 4. The van der Waals surface area contributed by atoms with Gasteiger partial charge in [-0.2, -0.15) is 66.1 Å². The van der Waals surface area contributed by atoms with Crippen LogP contribution in [0.3, 0.4) is 0 Å². The number of carbonyl (C=O) groups excluding carboxylic acids is 3. The maximum absolute atomic E-state index is 14.4. The molecule has 3 unspecified atom stereocenters. The molecule has 0 saturated carbocycles. The number of aryl methyl sites for hydroxylation is 3. The number of nitro groups is 3. The molecule has 0 bridgehead atoms. The summed E-state index contributed by atoms with van der Waals surface area (Å²) in [6.45, 7) is 11.7. The second-order valence-electron chi connectivity index (χ2n) is 21.2. The smallest absolute Gasteiger partial charge is 0.476 e. The fraction of sp³-hybridized carbons (Fsp3) is 0.262. The van der Waals surface area contributed by atoms with Gasteiger partial charge < -0.3 is 37.9 Å². The number of hydrazine groups is 2. The maximum atomic E-state index is 14.4. The van der Waals surface area contributed by atoms with Crippen molar-refractivity contribution in [2.75, 3.05) is 0 Å². The number of halogens is 13. The predicted molar refractivity (Wildman–Crippen MR) is 347 cm³/mol. The normalized spacial score (nSPS) is 13.1. The molecule has 4 aromatic heterocycles. The van der Waals surface area contributed by atoms with Crippen LogP contribution < -0.4 is 37.4 Å². The Labute approximate surface area is 598 Å². The number of benzene rings is 3. The molecule has 46 heteroatoms. The first-order valence-corrected chi connectivity index (χ1v) is 30.4. The third-order valence-corrected chi connectivity index (χ3v) is 14.8. The van der Waals surface area contributed by atoms with Gasteiger partial charge in [0.15, 0.2) is 5.69 Å². The summed E-state index contributed by atoms with van der Waals surface area (Å²) >= 11 is 0. The van der Waals surface area contributed by atoms with Gasteiger partial charge in [-0.25, -0.2) is 10.6 Å². The number of alkyl halides is 12. The van der Waals surface area contributed by atoms with E-state index in [1.54, 1.807) is 77.6 Å². The third kappa shape index (κ3) is 22.4. The van der Waals surface area contributed by atoms with Crippen LogP contribution in [0.15, 0.2) is 161 Å². The van der Waals surface area contributed by atoms with Crippen molar-refractivity contribution in [1.82, 2.24) is 41.4 Å². The number of H-pyrrole nitrogens is 2. The number of carboxylic acid groups (broad SMARTS) is 1. The highest BCUT2D eigenvalue weighted by Gasteiger charge is 2.63. The van der Waals surface area contributed by atoms with Gasteiger partial charge in [-0.15, -0.1) is 42.3 Å². The number of carboxylic acids is 1. The van der Waals surface area contributed by atoms with E-state index >= 15 is 0 Å². The second-order valence-corrected chi connectivity index (χ2v) is 22.7. The van der Waals surface area contributed by atoms with Gasteiger partial charge in [0.25, 0.3) is 46.3 Å². The molecule has 0 spiro atoms. The van der Waals surface area contributed by atoms with E-state index < -0.39 is 190 Å². The van der Waals surface area contributed by atoms with Crippen LogP contribution in [0.5, 0.6) is 5.88 Å². The molecule has 3 aromatic carbocycles. The van der Waals surface area contributed by atoms with E-state index in [2.05, 4.69) is 39.1 Å². The topological polar surface area (TPSA) is 469 Å². The van der Waals surface area contributed by atoms with E-state index in [1.165, 1.54) is 43.5 Å². The summed E-state index contributed by atoms with van der Waals surface area (Å²) in [5, 5.41) is 48.3. The van der Waals surface area contributed by atoms with Gasteiger partial charge in [0.05, 0.1) is 34.6 Å². The van der Waals surface area contributed by atoms with Gasteiger partial charge in [-0.3, -0.25) is 70.6 Å². The standard InChI is InChI=1S/C21H16F6N4O7S.C20H19F3N4O6.C13H15F3N2O2.C7H6N2O5.ClH/c1-3-9-19(20(22,23)24,36-11-13-7-5-4-6-8-13)18-30-29-17(37-18)15-14(31(32)33)10-12(2)16(28-15)38-39(34,35)21(25,26)27;1-3-9-19(20(21,22)23,33-11-13-7-5-4-6-8-13)18(30)26-25-17(29)15-14(27(31)32)10-12(2)16(28)24-15;1-2-8-12(11(19)18-17,13(14,15)16)20-9-10-6-4-3-5-7-10;1-3-2-4(9(13)14)5(7(11)12)8-6(3)10;/h3-8,10H,1,9,11H2,2H3;3-8,10H,1,9,11H2,2H3,(H,24,28)(H,25,29)(H,26,30);2-7H,1,8-9,17H2,(H,18,19);2H,1H3,(H,8,10)(H,11,12);1H. The molecular weight excluding hydrogens is 1520 g/mol. The first kappa shape index (κ1) is 89.4. The van der Waals surface area contributed by atoms with E-state index in [4.69, 9.17) is 29.6 Å². The molecule has 8 N–H and O–H groups in total. The van der Waals surface area contributed by atoms with Crippen LogP contribution in [0, 0.1) is 51.1 Å². The Morgan fingerprint density at radius 3 is 1.36 bits per heavy atom. The monoisotopic (exact) mass is 1570 g/mol. The Bertz CT molecular complexity index is 4610. The molecule has 4 heterocycles. The Kier molecular flexibility index (Phi) is 31.1. The average Bonchev–Trinajstić information content (AvgIpc) is 1.65. The Balaban J connectivity index is 0.000000393. The Hall–Kier alpha value is -11.8. The minimum Gasteiger partial charge on any atom is -0.476 e. The molecule has 32 nitrogen and oxygen atoms in total. The van der Waals surface area contributed by atoms with E-state index in [0.717, 1.165) is 37.3 Å². The van der Waals surface area contributed by atoms with Crippen LogP contribution in [0.1, 0.15) is 79.5 Å². The summed E-state index contributed by atoms with van der Waals surface area (Å²) in [6.07, 6.45) is -15.4. The fourth-order valence-electron chi connectivity index (χ4n) is 8.42. The lowest BCUT2D eigenvalue weighted by atomic mass is 9.97. The van der Waals surface area contributed by atoms with Gasteiger partial charge in [0.1, 0.15) is 0 Å². The van der Waals surface area contributed by atoms with Crippen LogP contribution in [-0.4, -0.2) is 112 Å². The number of nitrogens with one attached hydrogen (secondary N) is 5. The van der Waals surface area contributed by atoms with Crippen molar-refractivity contribution in [1.29, 1.82) is 0 Å². The predicted octanol–water partition coefficient (Wildman–Crippen LogP) is 10.4. The van der Waals surface area contributed by atoms with Crippen molar-refractivity contribution >= 4 is 63.3 Å². The van der Waals surface area contributed by atoms with Crippen molar-refractivity contribution in [3.05, 3.63) is 249 Å². The zero-order valence-corrected chi connectivity index (χ0v) is 56.4. The lowest BCUT2D eigenvalue weighted by Crippen LogP contribution is -2.61. The summed E-state index contributed by atoms with van der Waals surface area (Å²) < 4.78 is 210. The maximum Gasteiger partial charge on any atom is 0.534 e. The number of aromatic amines is 2. The van der Waals surface area contributed by atoms with Crippen LogP contribution in [0.2, 0.25) is 0 Å². The highest BCUT2D eigenvalue weighted by molar-refractivity contribution is 7.88. The summed E-state index contributed by atoms with van der Waals surface area (Å²) in [5.74, 6) is -4.92. The first-order chi connectivity index (χ1) is 49.2. The molecule has 3 atom stereocenters. The van der Waals surface area contributed by atoms with E-state index in [-0.39, 0.29) is 30.1 Å². The average molecular weight is 1570 g/mol. The van der Waals surface area contributed by atoms with Crippen molar-refractivity contribution in [3.8, 4) is 17.5 Å². The molecule has 107 heavy (non-hydrogen) atoms. The molecule has 3 amide bonds. The number of hydrogen-bond acceptors (Lipinski definition) is 23. The Morgan fingerprint density at radius 1 is 0.589 bits per heavy atom. The molecule has 578 valence electrons. The minimum atomic E-state index is -6.26. The molecule has 7 aromatic rings. The van der Waals surface area contributed by atoms with E-state index in [1.807, 2.05) is 9.97 Å². The zero-order chi connectivity index (χ0) is 80.1. The van der Waals surface area contributed by atoms with E-state index in [0.29, 0.717) is 22.8 Å². The number of ether oxygens (including phenoxy) is 3. The highest BCUT2D eigenvalue weighted by Crippen LogP contribution is 2.47. The molecular formula is C61H57ClF12N12O20S. The lowest BCUT2D eigenvalue weighted by Gasteiger charge is -2.33. The number of rotatable bonds is 26. The molecule has 0 radical (unpaired) electrons. The number of amides is 3. The van der Waals surface area contributed by atoms with Gasteiger partial charge in [0.2, 0.25) is 34.1 Å². The van der Waals surface area contributed by atoms with Crippen LogP contribution >= 0.6 is 12.4 Å². The van der Waals surface area contributed by atoms with Gasteiger partial charge in [0, 0.05) is 54.2 Å². The molecule has 0 aliphatic rings. The highest BCUT2D eigenvalue weighted by atomic mass is 35.5. The molecule has 0 aliphatic heterocycles. The quantitative estimate of drug-likeness (QED) is 0.00387. The third-order valence-electron chi connectivity index (χ3n) is 13.8. The minimum absolute atomic E-state index is 0. The zero-order valence-electron chi connectivity index (χ0n) is 54.8. The number of aromatic carboxylic acids is 1. The molecule has 0 fully saturated rings. The summed E-state index contributed by atoms with van der Waals surface area (Å²) in [7, 11) is -6.26. The molecule has 7 rings (SSSR count). The SMILES string of the molecule is C=CCC(OCc1ccccc1)(C(=O)NN)C(F)(F)F.C=CCC(OCc1ccccc1)(C(=O)NNC(=O)c1[nH]c(=O)c(C)cc1[N+](=O)[O-])C(F)(F)F.C=CCC(OCc1ccccc1)(c1nnc(-c2nc(OS(=O)(=O)C(F)(F)F)c(C)cc2[N+](=O)[O-])o1)C(F)(F)F.Cc1cc([N+](=O)[O-])c(C(=O)O)[nH]c1=O.Cl. The molecule has 0 aliphatic carbocycles. The number of aromatic nitrogens is 5. The van der Waals surface area contributed by atoms with Crippen molar-refractivity contribution in [2.24, 2.45) is 5.84 Å².